The van der Waals surface area contributed by atoms with Crippen molar-refractivity contribution in [3.63, 3.8) is 0 Å². The lowest BCUT2D eigenvalue weighted by atomic mass is 10.1. The normalized spacial score (nSPS) is 20.2. The van der Waals surface area contributed by atoms with Gasteiger partial charge in [-0.05, 0) is 43.9 Å². The van der Waals surface area contributed by atoms with Crippen molar-refractivity contribution in [2.75, 3.05) is 0 Å². The fourth-order valence-electron chi connectivity index (χ4n) is 2.96. The molecule has 1 saturated carbocycles. The van der Waals surface area contributed by atoms with Crippen LogP contribution in [0.4, 0.5) is 13.2 Å². The average molecular weight is 398 g/mol. The Labute approximate surface area is 157 Å². The molecule has 1 aromatic carbocycles. The first-order valence-electron chi connectivity index (χ1n) is 8.26. The number of amides is 1. The van der Waals surface area contributed by atoms with E-state index in [4.69, 9.17) is 5.11 Å². The second-order valence-electron chi connectivity index (χ2n) is 6.57. The lowest BCUT2D eigenvalue weighted by Crippen LogP contribution is -2.28. The third-order valence-corrected chi connectivity index (χ3v) is 5.86. The van der Waals surface area contributed by atoms with Gasteiger partial charge in [0, 0.05) is 5.92 Å². The number of aromatic nitrogens is 1. The molecule has 3 atom stereocenters. The van der Waals surface area contributed by atoms with E-state index < -0.39 is 23.8 Å². The summed E-state index contributed by atoms with van der Waals surface area (Å²) >= 11 is 1.02. The molecule has 1 aliphatic carbocycles. The maximum atomic E-state index is 12.6. The summed E-state index contributed by atoms with van der Waals surface area (Å²) in [6.45, 7) is 3.32. The van der Waals surface area contributed by atoms with E-state index in [0.29, 0.717) is 22.7 Å². The fraction of sp³-hybridized carbons (Fsp3) is 0.389. The molecule has 2 N–H and O–H groups in total. The first-order valence-corrected chi connectivity index (χ1v) is 9.07. The molecule has 3 rings (SSSR count). The number of hydrogen-bond donors (Lipinski definition) is 2. The molecule has 2 aromatic rings. The number of aromatic carboxylic acids is 1. The van der Waals surface area contributed by atoms with E-state index in [1.54, 1.807) is 13.8 Å². The molecular formula is C18H17F3N2O3S. The maximum Gasteiger partial charge on any atom is 0.416 e. The van der Waals surface area contributed by atoms with Crippen LogP contribution in [0.5, 0.6) is 0 Å². The van der Waals surface area contributed by atoms with Crippen molar-refractivity contribution in [1.82, 2.24) is 10.3 Å². The highest BCUT2D eigenvalue weighted by molar-refractivity contribution is 7.13. The molecule has 1 aliphatic rings. The van der Waals surface area contributed by atoms with Gasteiger partial charge < -0.3 is 10.4 Å². The lowest BCUT2D eigenvalue weighted by Gasteiger charge is -2.11. The quantitative estimate of drug-likeness (QED) is 0.793. The number of carboxylic acids is 1. The van der Waals surface area contributed by atoms with Crippen LogP contribution >= 0.6 is 11.3 Å². The predicted molar refractivity (Wildman–Crippen MR) is 92.7 cm³/mol. The molecule has 9 heteroatoms. The number of hydrogen-bond acceptors (Lipinski definition) is 4. The Bertz CT molecular complexity index is 877. The van der Waals surface area contributed by atoms with Crippen LogP contribution in [-0.2, 0) is 11.0 Å². The van der Waals surface area contributed by atoms with E-state index in [2.05, 4.69) is 10.3 Å². The molecule has 0 radical (unpaired) electrons. The van der Waals surface area contributed by atoms with Crippen molar-refractivity contribution < 1.29 is 27.9 Å². The highest BCUT2D eigenvalue weighted by atomic mass is 32.1. The van der Waals surface area contributed by atoms with Crippen molar-refractivity contribution in [2.45, 2.75) is 38.4 Å². The summed E-state index contributed by atoms with van der Waals surface area (Å²) in [4.78, 5) is 27.8. The number of thiazole rings is 1. The highest BCUT2D eigenvalue weighted by Gasteiger charge is 2.44. The number of carbonyl (C=O) groups is 2. The van der Waals surface area contributed by atoms with Crippen LogP contribution in [-0.4, -0.2) is 22.0 Å². The second-order valence-corrected chi connectivity index (χ2v) is 7.60. The number of nitrogens with zero attached hydrogens (tertiary/aromatic N) is 1. The van der Waals surface area contributed by atoms with Gasteiger partial charge in [-0.3, -0.25) is 4.79 Å². The van der Waals surface area contributed by atoms with Crippen LogP contribution in [0, 0.1) is 12.8 Å². The molecule has 0 aliphatic heterocycles. The van der Waals surface area contributed by atoms with E-state index >= 15 is 0 Å². The highest BCUT2D eigenvalue weighted by Crippen LogP contribution is 2.48. The van der Waals surface area contributed by atoms with E-state index in [0.717, 1.165) is 23.5 Å². The SMILES string of the molecule is Cc1nc(C(C)NC(=O)C2CC2c2ccc(C(F)(F)F)cc2)sc1C(=O)O. The molecule has 0 bridgehead atoms. The topological polar surface area (TPSA) is 79.3 Å². The third kappa shape index (κ3) is 4.13. The summed E-state index contributed by atoms with van der Waals surface area (Å²) in [5.41, 5.74) is 0.390. The Morgan fingerprint density at radius 1 is 1.30 bits per heavy atom. The van der Waals surface area contributed by atoms with Crippen LogP contribution in [0.3, 0.4) is 0 Å². The summed E-state index contributed by atoms with van der Waals surface area (Å²) < 4.78 is 37.9. The van der Waals surface area contributed by atoms with Crippen LogP contribution in [0.25, 0.3) is 0 Å². The summed E-state index contributed by atoms with van der Waals surface area (Å²) in [5.74, 6) is -1.67. The Kier molecular flexibility index (Phi) is 4.98. The predicted octanol–water partition coefficient (Wildman–Crippen LogP) is 4.15. The lowest BCUT2D eigenvalue weighted by molar-refractivity contribution is -0.137. The number of carboxylic acid groups (broad SMARTS) is 1. The van der Waals surface area contributed by atoms with Crippen LogP contribution in [0.15, 0.2) is 24.3 Å². The minimum absolute atomic E-state index is 0.105. The number of nitrogens with one attached hydrogen (secondary N) is 1. The molecule has 1 heterocycles. The van der Waals surface area contributed by atoms with Gasteiger partial charge in [0.25, 0.3) is 0 Å². The zero-order valence-corrected chi connectivity index (χ0v) is 15.3. The van der Waals surface area contributed by atoms with Gasteiger partial charge in [0.15, 0.2) is 0 Å². The van der Waals surface area contributed by atoms with Crippen molar-refractivity contribution in [3.05, 3.63) is 51.0 Å². The number of benzene rings is 1. The van der Waals surface area contributed by atoms with Gasteiger partial charge in [-0.1, -0.05) is 12.1 Å². The van der Waals surface area contributed by atoms with Gasteiger partial charge in [0.2, 0.25) is 5.91 Å². The third-order valence-electron chi connectivity index (χ3n) is 4.53. The smallest absolute Gasteiger partial charge is 0.416 e. The molecule has 0 spiro atoms. The van der Waals surface area contributed by atoms with Crippen molar-refractivity contribution in [3.8, 4) is 0 Å². The summed E-state index contributed by atoms with van der Waals surface area (Å²) in [7, 11) is 0. The zero-order chi connectivity index (χ0) is 19.9. The first kappa shape index (κ1) is 19.3. The number of alkyl halides is 3. The molecule has 5 nitrogen and oxygen atoms in total. The monoisotopic (exact) mass is 398 g/mol. The maximum absolute atomic E-state index is 12.6. The van der Waals surface area contributed by atoms with E-state index in [9.17, 15) is 22.8 Å². The summed E-state index contributed by atoms with van der Waals surface area (Å²) in [6, 6.07) is 4.43. The van der Waals surface area contributed by atoms with Crippen molar-refractivity contribution >= 4 is 23.2 Å². The van der Waals surface area contributed by atoms with Crippen molar-refractivity contribution in [1.29, 1.82) is 0 Å². The largest absolute Gasteiger partial charge is 0.477 e. The molecule has 0 saturated heterocycles. The molecule has 3 unspecified atom stereocenters. The number of carbonyl (C=O) groups excluding carboxylic acids is 1. The minimum atomic E-state index is -4.38. The average Bonchev–Trinajstić information content (AvgIpc) is 3.29. The molecule has 144 valence electrons. The molecule has 27 heavy (non-hydrogen) atoms. The van der Waals surface area contributed by atoms with Gasteiger partial charge in [-0.2, -0.15) is 13.2 Å². The molecule has 1 fully saturated rings. The minimum Gasteiger partial charge on any atom is -0.477 e. The zero-order valence-electron chi connectivity index (χ0n) is 14.5. The first-order chi connectivity index (χ1) is 12.6. The van der Waals surface area contributed by atoms with E-state index in [1.165, 1.54) is 12.1 Å². The fourth-order valence-corrected chi connectivity index (χ4v) is 3.86. The van der Waals surface area contributed by atoms with Gasteiger partial charge in [-0.15, -0.1) is 11.3 Å². The Morgan fingerprint density at radius 2 is 1.93 bits per heavy atom. The summed E-state index contributed by atoms with van der Waals surface area (Å²) in [6.07, 6.45) is -3.81. The molecule has 1 amide bonds. The van der Waals surface area contributed by atoms with Gasteiger partial charge in [-0.25, -0.2) is 9.78 Å². The Balaban J connectivity index is 1.61. The number of halogens is 3. The van der Waals surface area contributed by atoms with Gasteiger partial charge in [0.05, 0.1) is 17.3 Å². The number of aryl methyl sites for hydroxylation is 1. The molecule has 1 aromatic heterocycles. The van der Waals surface area contributed by atoms with Crippen LogP contribution in [0.2, 0.25) is 0 Å². The summed E-state index contributed by atoms with van der Waals surface area (Å²) in [5, 5.41) is 12.4. The Morgan fingerprint density at radius 3 is 2.44 bits per heavy atom. The second kappa shape index (κ2) is 6.95. The van der Waals surface area contributed by atoms with Crippen molar-refractivity contribution in [2.24, 2.45) is 5.92 Å². The van der Waals surface area contributed by atoms with Gasteiger partial charge in [0.1, 0.15) is 9.88 Å². The standard InChI is InChI=1S/C18H17F3N2O3S/c1-8-14(17(25)26)27-16(23-8)9(2)22-15(24)13-7-12(13)10-3-5-11(6-4-10)18(19,20)21/h3-6,9,12-13H,7H2,1-2H3,(H,22,24)(H,25,26). The van der Waals surface area contributed by atoms with E-state index in [1.807, 2.05) is 0 Å². The van der Waals surface area contributed by atoms with Crippen LogP contribution in [0.1, 0.15) is 56.8 Å². The van der Waals surface area contributed by atoms with E-state index in [-0.39, 0.29) is 22.6 Å². The Hall–Kier alpha value is -2.42. The molecular weight excluding hydrogens is 381 g/mol. The van der Waals surface area contributed by atoms with Crippen LogP contribution < -0.4 is 5.32 Å². The number of rotatable bonds is 5. The van der Waals surface area contributed by atoms with Gasteiger partial charge >= 0.3 is 12.1 Å².